The highest BCUT2D eigenvalue weighted by Crippen LogP contribution is 2.16. The Balaban J connectivity index is 2.01. The zero-order valence-electron chi connectivity index (χ0n) is 9.49. The van der Waals surface area contributed by atoms with Gasteiger partial charge in [-0.15, -0.1) is 0 Å². The molecule has 0 saturated carbocycles. The number of thioether (sulfide) groups is 1. The highest BCUT2D eigenvalue weighted by Gasteiger charge is 1.94. The van der Waals surface area contributed by atoms with E-state index in [0.717, 1.165) is 23.6 Å². The van der Waals surface area contributed by atoms with Gasteiger partial charge in [-0.2, -0.15) is 11.8 Å². The molecule has 1 N–H and O–H groups in total. The molecule has 0 unspecified atom stereocenters. The van der Waals surface area contributed by atoms with Gasteiger partial charge in [-0.3, -0.25) is 0 Å². The highest BCUT2D eigenvalue weighted by molar-refractivity contribution is 7.98. The van der Waals surface area contributed by atoms with Crippen molar-refractivity contribution in [2.24, 2.45) is 0 Å². The normalized spacial score (nSPS) is 10.6. The molecule has 0 amide bonds. The molecule has 16 heavy (non-hydrogen) atoms. The van der Waals surface area contributed by atoms with Crippen molar-refractivity contribution in [3.63, 3.8) is 0 Å². The number of rotatable bonds is 8. The average molecular weight is 259 g/mol. The minimum atomic E-state index is 0.331. The van der Waals surface area contributed by atoms with Crippen molar-refractivity contribution in [3.8, 4) is 0 Å². The van der Waals surface area contributed by atoms with Crippen LogP contribution < -0.4 is 0 Å². The van der Waals surface area contributed by atoms with E-state index in [4.69, 9.17) is 16.7 Å². The van der Waals surface area contributed by atoms with Crippen molar-refractivity contribution in [3.05, 3.63) is 34.9 Å². The number of halogens is 1. The van der Waals surface area contributed by atoms with Gasteiger partial charge in [0.25, 0.3) is 0 Å². The molecule has 1 nitrogen and oxygen atoms in total. The topological polar surface area (TPSA) is 20.2 Å². The summed E-state index contributed by atoms with van der Waals surface area (Å²) in [5.41, 5.74) is 1.34. The zero-order valence-corrected chi connectivity index (χ0v) is 11.1. The molecule has 0 radical (unpaired) electrons. The van der Waals surface area contributed by atoms with Crippen molar-refractivity contribution in [1.82, 2.24) is 0 Å². The van der Waals surface area contributed by atoms with Crippen LogP contribution in [0.15, 0.2) is 24.3 Å². The summed E-state index contributed by atoms with van der Waals surface area (Å²) < 4.78 is 0. The lowest BCUT2D eigenvalue weighted by Gasteiger charge is -2.02. The van der Waals surface area contributed by atoms with E-state index < -0.39 is 0 Å². The van der Waals surface area contributed by atoms with E-state index in [-0.39, 0.29) is 0 Å². The van der Waals surface area contributed by atoms with Crippen LogP contribution in [0.5, 0.6) is 0 Å². The Labute approximate surface area is 107 Å². The Bertz CT molecular complexity index is 274. The van der Waals surface area contributed by atoms with Gasteiger partial charge in [0.1, 0.15) is 0 Å². The SMILES string of the molecule is OCCCCCCSCc1ccc(Cl)cc1. The monoisotopic (exact) mass is 258 g/mol. The molecule has 1 aromatic rings. The van der Waals surface area contributed by atoms with E-state index in [2.05, 4.69) is 12.1 Å². The second-order valence-electron chi connectivity index (χ2n) is 3.82. The van der Waals surface area contributed by atoms with E-state index in [1.807, 2.05) is 23.9 Å². The van der Waals surface area contributed by atoms with Gasteiger partial charge < -0.3 is 5.11 Å². The van der Waals surface area contributed by atoms with E-state index >= 15 is 0 Å². The molecule has 0 aromatic heterocycles. The first-order valence-electron chi connectivity index (χ1n) is 5.76. The minimum Gasteiger partial charge on any atom is -0.396 e. The van der Waals surface area contributed by atoms with Crippen LogP contribution in [0.2, 0.25) is 5.02 Å². The van der Waals surface area contributed by atoms with E-state index in [0.29, 0.717) is 6.61 Å². The van der Waals surface area contributed by atoms with Gasteiger partial charge in [-0.1, -0.05) is 36.6 Å². The van der Waals surface area contributed by atoms with Crippen LogP contribution >= 0.6 is 23.4 Å². The lowest BCUT2D eigenvalue weighted by Crippen LogP contribution is -1.86. The number of hydrogen-bond donors (Lipinski definition) is 1. The molecule has 0 saturated heterocycles. The fourth-order valence-corrected chi connectivity index (χ4v) is 2.55. The highest BCUT2D eigenvalue weighted by atomic mass is 35.5. The van der Waals surface area contributed by atoms with E-state index in [1.54, 1.807) is 0 Å². The summed E-state index contributed by atoms with van der Waals surface area (Å²) in [5.74, 6) is 2.27. The fraction of sp³-hybridized carbons (Fsp3) is 0.538. The molecule has 1 rings (SSSR count). The van der Waals surface area contributed by atoms with Crippen molar-refractivity contribution < 1.29 is 5.11 Å². The molecule has 0 bridgehead atoms. The van der Waals surface area contributed by atoms with Crippen LogP contribution in [0.3, 0.4) is 0 Å². The lowest BCUT2D eigenvalue weighted by atomic mass is 10.2. The third-order valence-corrected chi connectivity index (χ3v) is 3.75. The molecule has 0 heterocycles. The largest absolute Gasteiger partial charge is 0.396 e. The molecule has 3 heteroatoms. The molecule has 90 valence electrons. The first-order valence-corrected chi connectivity index (χ1v) is 7.29. The molecular weight excluding hydrogens is 240 g/mol. The number of unbranched alkanes of at least 4 members (excludes halogenated alkanes) is 3. The molecule has 0 atom stereocenters. The van der Waals surface area contributed by atoms with Crippen molar-refractivity contribution in [1.29, 1.82) is 0 Å². The smallest absolute Gasteiger partial charge is 0.0431 e. The quantitative estimate of drug-likeness (QED) is 0.708. The Morgan fingerprint density at radius 2 is 1.69 bits per heavy atom. The molecule has 0 fully saturated rings. The van der Waals surface area contributed by atoms with E-state index in [9.17, 15) is 0 Å². The van der Waals surface area contributed by atoms with Crippen LogP contribution in [-0.4, -0.2) is 17.5 Å². The lowest BCUT2D eigenvalue weighted by molar-refractivity contribution is 0.283. The van der Waals surface area contributed by atoms with Crippen molar-refractivity contribution >= 4 is 23.4 Å². The fourth-order valence-electron chi connectivity index (χ4n) is 1.44. The molecule has 0 spiro atoms. The van der Waals surface area contributed by atoms with Crippen LogP contribution in [0, 0.1) is 0 Å². The predicted molar refractivity (Wildman–Crippen MR) is 73.2 cm³/mol. The average Bonchev–Trinajstić information content (AvgIpc) is 2.30. The first kappa shape index (κ1) is 13.9. The summed E-state index contributed by atoms with van der Waals surface area (Å²) in [4.78, 5) is 0. The predicted octanol–water partition coefficient (Wildman–Crippen LogP) is 4.13. The Kier molecular flexibility index (Phi) is 7.73. The minimum absolute atomic E-state index is 0.331. The molecule has 0 aliphatic heterocycles. The summed E-state index contributed by atoms with van der Waals surface area (Å²) in [6.07, 6.45) is 4.58. The third-order valence-electron chi connectivity index (χ3n) is 2.38. The Morgan fingerprint density at radius 1 is 1.00 bits per heavy atom. The maximum Gasteiger partial charge on any atom is 0.0431 e. The van der Waals surface area contributed by atoms with Crippen LogP contribution in [-0.2, 0) is 5.75 Å². The Hall–Kier alpha value is -0.180. The molecular formula is C13H19ClOS. The van der Waals surface area contributed by atoms with Crippen LogP contribution in [0.4, 0.5) is 0 Å². The van der Waals surface area contributed by atoms with Crippen molar-refractivity contribution in [2.75, 3.05) is 12.4 Å². The van der Waals surface area contributed by atoms with E-state index in [1.165, 1.54) is 24.2 Å². The maximum atomic E-state index is 8.62. The van der Waals surface area contributed by atoms with Gasteiger partial charge in [0.05, 0.1) is 0 Å². The third kappa shape index (κ3) is 6.41. The zero-order chi connectivity index (χ0) is 11.6. The standard InChI is InChI=1S/C13H19ClOS/c14-13-7-5-12(6-8-13)11-16-10-4-2-1-3-9-15/h5-8,15H,1-4,9-11H2. The van der Waals surface area contributed by atoms with Gasteiger partial charge in [-0.25, -0.2) is 0 Å². The van der Waals surface area contributed by atoms with Gasteiger partial charge >= 0.3 is 0 Å². The Morgan fingerprint density at radius 3 is 2.38 bits per heavy atom. The van der Waals surface area contributed by atoms with Crippen LogP contribution in [0.25, 0.3) is 0 Å². The second-order valence-corrected chi connectivity index (χ2v) is 5.36. The first-order chi connectivity index (χ1) is 7.83. The molecule has 0 aliphatic rings. The van der Waals surface area contributed by atoms with Gasteiger partial charge in [0, 0.05) is 17.4 Å². The summed E-state index contributed by atoms with van der Waals surface area (Å²) in [6.45, 7) is 0.331. The van der Waals surface area contributed by atoms with Gasteiger partial charge in [0.2, 0.25) is 0 Å². The summed E-state index contributed by atoms with van der Waals surface area (Å²) in [6, 6.07) is 8.06. The number of hydrogen-bond acceptors (Lipinski definition) is 2. The number of benzene rings is 1. The summed E-state index contributed by atoms with van der Waals surface area (Å²) in [5, 5.41) is 9.43. The van der Waals surface area contributed by atoms with Crippen molar-refractivity contribution in [2.45, 2.75) is 31.4 Å². The number of aliphatic hydroxyl groups excluding tert-OH is 1. The summed E-state index contributed by atoms with van der Waals surface area (Å²) in [7, 11) is 0. The molecule has 1 aromatic carbocycles. The van der Waals surface area contributed by atoms with Crippen LogP contribution in [0.1, 0.15) is 31.2 Å². The second kappa shape index (κ2) is 8.91. The maximum absolute atomic E-state index is 8.62. The van der Waals surface area contributed by atoms with Gasteiger partial charge in [0.15, 0.2) is 0 Å². The number of aliphatic hydroxyl groups is 1. The summed E-state index contributed by atoms with van der Waals surface area (Å²) >= 11 is 7.78. The molecule has 0 aliphatic carbocycles. The van der Waals surface area contributed by atoms with Gasteiger partial charge in [-0.05, 0) is 36.3 Å².